The second kappa shape index (κ2) is 3.69. The van der Waals surface area contributed by atoms with Gasteiger partial charge in [0, 0.05) is 24.5 Å². The Labute approximate surface area is 94.7 Å². The molecule has 16 heavy (non-hydrogen) atoms. The molecule has 3 rings (SSSR count). The third-order valence-corrected chi connectivity index (χ3v) is 2.97. The van der Waals surface area contributed by atoms with Gasteiger partial charge in [0.2, 0.25) is 11.7 Å². The van der Waals surface area contributed by atoms with E-state index in [9.17, 15) is 0 Å². The fraction of sp³-hybridized carbons (Fsp3) is 0.222. The summed E-state index contributed by atoms with van der Waals surface area (Å²) in [6.45, 7) is 0.502. The van der Waals surface area contributed by atoms with Crippen LogP contribution in [-0.2, 0) is 6.42 Å². The number of rotatable bonds is 3. The highest BCUT2D eigenvalue weighted by Crippen LogP contribution is 2.20. The summed E-state index contributed by atoms with van der Waals surface area (Å²) in [5.41, 5.74) is 6.26. The average molecular weight is 235 g/mol. The van der Waals surface area contributed by atoms with Gasteiger partial charge in [-0.05, 0) is 0 Å². The fourth-order valence-electron chi connectivity index (χ4n) is 1.48. The number of nitrogens with zero attached hydrogens (tertiary/aromatic N) is 4. The van der Waals surface area contributed by atoms with E-state index in [4.69, 9.17) is 10.3 Å². The molecule has 0 atom stereocenters. The molecule has 6 nitrogen and oxygen atoms in total. The molecule has 2 N–H and O–H groups in total. The molecule has 0 fully saturated rings. The highest BCUT2D eigenvalue weighted by molar-refractivity contribution is 7.15. The van der Waals surface area contributed by atoms with Crippen molar-refractivity contribution in [3.8, 4) is 11.5 Å². The van der Waals surface area contributed by atoms with Crippen molar-refractivity contribution in [3.63, 3.8) is 0 Å². The molecule has 0 saturated heterocycles. The van der Waals surface area contributed by atoms with Gasteiger partial charge in [0.15, 0.2) is 4.96 Å². The van der Waals surface area contributed by atoms with E-state index in [0.29, 0.717) is 24.7 Å². The molecular weight excluding hydrogens is 226 g/mol. The van der Waals surface area contributed by atoms with E-state index in [2.05, 4.69) is 15.1 Å². The first-order chi connectivity index (χ1) is 7.88. The Hall–Kier alpha value is -1.73. The van der Waals surface area contributed by atoms with Crippen molar-refractivity contribution in [1.29, 1.82) is 0 Å². The van der Waals surface area contributed by atoms with Crippen molar-refractivity contribution in [3.05, 3.63) is 23.7 Å². The summed E-state index contributed by atoms with van der Waals surface area (Å²) in [5.74, 6) is 1.11. The van der Waals surface area contributed by atoms with Gasteiger partial charge < -0.3 is 10.3 Å². The van der Waals surface area contributed by atoms with Crippen molar-refractivity contribution < 1.29 is 4.52 Å². The van der Waals surface area contributed by atoms with E-state index < -0.39 is 0 Å². The zero-order valence-corrected chi connectivity index (χ0v) is 9.15. The van der Waals surface area contributed by atoms with E-state index in [1.807, 2.05) is 16.0 Å². The second-order valence-corrected chi connectivity index (χ2v) is 4.12. The Balaban J connectivity index is 2.05. The monoisotopic (exact) mass is 235 g/mol. The zero-order valence-electron chi connectivity index (χ0n) is 8.33. The summed E-state index contributed by atoms with van der Waals surface area (Å²) in [5, 5.41) is 5.87. The number of nitrogens with two attached hydrogens (primary N) is 1. The lowest BCUT2D eigenvalue weighted by Crippen LogP contribution is -2.02. The van der Waals surface area contributed by atoms with Gasteiger partial charge in [-0.2, -0.15) is 4.98 Å². The summed E-state index contributed by atoms with van der Waals surface area (Å²) >= 11 is 1.57. The van der Waals surface area contributed by atoms with Crippen LogP contribution in [0.2, 0.25) is 0 Å². The third-order valence-electron chi connectivity index (χ3n) is 2.20. The molecule has 0 aromatic carbocycles. The van der Waals surface area contributed by atoms with E-state index in [1.54, 1.807) is 17.5 Å². The Morgan fingerprint density at radius 2 is 2.44 bits per heavy atom. The molecule has 0 aliphatic carbocycles. The maximum absolute atomic E-state index is 5.42. The molecular formula is C9H9N5OS. The van der Waals surface area contributed by atoms with Crippen LogP contribution in [0.5, 0.6) is 0 Å². The van der Waals surface area contributed by atoms with Crippen LogP contribution in [0.25, 0.3) is 16.5 Å². The molecule has 0 amide bonds. The van der Waals surface area contributed by atoms with Crippen LogP contribution < -0.4 is 5.73 Å². The first-order valence-electron chi connectivity index (χ1n) is 4.82. The van der Waals surface area contributed by atoms with Crippen molar-refractivity contribution in [1.82, 2.24) is 19.5 Å². The van der Waals surface area contributed by atoms with Crippen LogP contribution >= 0.6 is 11.3 Å². The first kappa shape index (κ1) is 9.49. The third kappa shape index (κ3) is 1.41. The zero-order chi connectivity index (χ0) is 11.0. The van der Waals surface area contributed by atoms with Gasteiger partial charge in [-0.3, -0.25) is 4.40 Å². The van der Waals surface area contributed by atoms with E-state index in [0.717, 1.165) is 10.7 Å². The number of hydrogen-bond donors (Lipinski definition) is 1. The number of thiazole rings is 1. The van der Waals surface area contributed by atoms with Crippen LogP contribution in [-0.4, -0.2) is 26.1 Å². The summed E-state index contributed by atoms with van der Waals surface area (Å²) in [7, 11) is 0. The lowest BCUT2D eigenvalue weighted by molar-refractivity contribution is 0.380. The molecule has 3 aromatic heterocycles. The standard InChI is InChI=1S/C9H9N5OS/c10-2-1-7-12-8(13-15-7)6-5-11-9-14(6)3-4-16-9/h3-5H,1-2,10H2. The van der Waals surface area contributed by atoms with Gasteiger partial charge >= 0.3 is 0 Å². The van der Waals surface area contributed by atoms with Crippen LogP contribution in [0, 0.1) is 0 Å². The van der Waals surface area contributed by atoms with Crippen LogP contribution in [0.1, 0.15) is 5.89 Å². The van der Waals surface area contributed by atoms with E-state index in [1.165, 1.54) is 0 Å². The number of aromatic nitrogens is 4. The first-order valence-corrected chi connectivity index (χ1v) is 5.70. The smallest absolute Gasteiger partial charge is 0.228 e. The van der Waals surface area contributed by atoms with Crippen molar-refractivity contribution >= 4 is 16.3 Å². The number of hydrogen-bond acceptors (Lipinski definition) is 6. The molecule has 0 aliphatic rings. The van der Waals surface area contributed by atoms with Crippen molar-refractivity contribution in [2.45, 2.75) is 6.42 Å². The molecule has 0 saturated carbocycles. The molecule has 3 heterocycles. The summed E-state index contributed by atoms with van der Waals surface area (Å²) in [6.07, 6.45) is 4.27. The highest BCUT2D eigenvalue weighted by atomic mass is 32.1. The second-order valence-electron chi connectivity index (χ2n) is 3.25. The van der Waals surface area contributed by atoms with Crippen molar-refractivity contribution in [2.24, 2.45) is 5.73 Å². The van der Waals surface area contributed by atoms with E-state index in [-0.39, 0.29) is 0 Å². The minimum atomic E-state index is 0.502. The van der Waals surface area contributed by atoms with Gasteiger partial charge in [0.1, 0.15) is 5.69 Å². The molecule has 3 aromatic rings. The van der Waals surface area contributed by atoms with E-state index >= 15 is 0 Å². The molecule has 0 radical (unpaired) electrons. The Kier molecular flexibility index (Phi) is 2.19. The summed E-state index contributed by atoms with van der Waals surface area (Å²) < 4.78 is 7.01. The molecule has 0 bridgehead atoms. The number of fused-ring (bicyclic) bond motifs is 1. The topological polar surface area (TPSA) is 82.2 Å². The fourth-order valence-corrected chi connectivity index (χ4v) is 2.17. The molecule has 0 aliphatic heterocycles. The molecule has 82 valence electrons. The molecule has 0 spiro atoms. The maximum Gasteiger partial charge on any atom is 0.228 e. The Bertz CT molecular complexity index is 610. The predicted octanol–water partition coefficient (Wildman–Crippen LogP) is 0.947. The molecule has 7 heteroatoms. The maximum atomic E-state index is 5.42. The van der Waals surface area contributed by atoms with Gasteiger partial charge in [0.05, 0.1) is 6.20 Å². The lowest BCUT2D eigenvalue weighted by Gasteiger charge is -1.89. The normalized spacial score (nSPS) is 11.3. The minimum Gasteiger partial charge on any atom is -0.339 e. The predicted molar refractivity (Wildman–Crippen MR) is 59.1 cm³/mol. The Morgan fingerprint density at radius 3 is 3.31 bits per heavy atom. The molecule has 0 unspecified atom stereocenters. The average Bonchev–Trinajstić information content (AvgIpc) is 2.90. The van der Waals surface area contributed by atoms with Crippen molar-refractivity contribution in [2.75, 3.05) is 6.54 Å². The Morgan fingerprint density at radius 1 is 1.50 bits per heavy atom. The van der Waals surface area contributed by atoms with Gasteiger partial charge in [0.25, 0.3) is 0 Å². The SMILES string of the molecule is NCCc1nc(-c2cnc3sccn23)no1. The summed E-state index contributed by atoms with van der Waals surface area (Å²) in [6, 6.07) is 0. The van der Waals surface area contributed by atoms with Crippen LogP contribution in [0.15, 0.2) is 22.3 Å². The van der Waals surface area contributed by atoms with Crippen LogP contribution in [0.4, 0.5) is 0 Å². The number of imidazole rings is 1. The summed E-state index contributed by atoms with van der Waals surface area (Å²) in [4.78, 5) is 9.42. The van der Waals surface area contributed by atoms with Gasteiger partial charge in [-0.1, -0.05) is 5.16 Å². The van der Waals surface area contributed by atoms with Gasteiger partial charge in [-0.15, -0.1) is 11.3 Å². The lowest BCUT2D eigenvalue weighted by atomic mass is 10.4. The minimum absolute atomic E-state index is 0.502. The van der Waals surface area contributed by atoms with Gasteiger partial charge in [-0.25, -0.2) is 4.98 Å². The highest BCUT2D eigenvalue weighted by Gasteiger charge is 2.13. The van der Waals surface area contributed by atoms with Crippen LogP contribution in [0.3, 0.4) is 0 Å². The largest absolute Gasteiger partial charge is 0.339 e. The quantitative estimate of drug-likeness (QED) is 0.730.